The second kappa shape index (κ2) is 11.6. The van der Waals surface area contributed by atoms with Gasteiger partial charge in [-0.2, -0.15) is 10.5 Å². The zero-order chi connectivity index (χ0) is 37.1. The molecule has 0 bridgehead atoms. The van der Waals surface area contributed by atoms with Crippen LogP contribution in [0.4, 0.5) is 0 Å². The van der Waals surface area contributed by atoms with E-state index < -0.39 is 0 Å². The minimum absolute atomic E-state index is 0.124. The fourth-order valence-corrected chi connectivity index (χ4v) is 10.1. The minimum atomic E-state index is 0.124. The molecule has 12 rings (SSSR count). The second-order valence-electron chi connectivity index (χ2n) is 15.2. The number of nitriles is 2. The van der Waals surface area contributed by atoms with Crippen molar-refractivity contribution in [3.8, 4) is 23.5 Å². The van der Waals surface area contributed by atoms with Gasteiger partial charge in [0.2, 0.25) is 0 Å². The van der Waals surface area contributed by atoms with E-state index in [0.717, 1.165) is 130 Å². The van der Waals surface area contributed by atoms with E-state index in [1.54, 1.807) is 0 Å². The van der Waals surface area contributed by atoms with Crippen molar-refractivity contribution in [2.75, 3.05) is 0 Å². The largest absolute Gasteiger partial charge is 0.456 e. The number of fused-ring (bicyclic) bond motifs is 14. The van der Waals surface area contributed by atoms with Crippen LogP contribution in [0.25, 0.3) is 98.9 Å². The van der Waals surface area contributed by atoms with Crippen LogP contribution in [0.5, 0.6) is 0 Å². The maximum Gasteiger partial charge on any atom is 0.136 e. The van der Waals surface area contributed by atoms with Gasteiger partial charge < -0.3 is 18.0 Å². The first-order valence-corrected chi connectivity index (χ1v) is 19.4. The summed E-state index contributed by atoms with van der Waals surface area (Å²) in [5, 5.41) is 30.9. The Morgan fingerprint density at radius 1 is 0.446 bits per heavy atom. The van der Waals surface area contributed by atoms with Gasteiger partial charge >= 0.3 is 0 Å². The van der Waals surface area contributed by atoms with Gasteiger partial charge in [0, 0.05) is 48.7 Å². The molecule has 0 amide bonds. The van der Waals surface area contributed by atoms with Crippen LogP contribution in [0.3, 0.4) is 0 Å². The first-order chi connectivity index (χ1) is 27.7. The molecule has 11 aromatic rings. The molecule has 1 fully saturated rings. The molecule has 6 nitrogen and oxygen atoms in total. The van der Waals surface area contributed by atoms with Gasteiger partial charge in [-0.05, 0) is 73.4 Å². The SMILES string of the molecule is N#Cc1cc(C#N)c(-n2c3ccccc3c3c4c(ccc32)oc2ccccc24)c(C2CCCCC2)c1-n1c2ccccc2c2c3c(ccc21)oc1ccccc13. The molecule has 1 aliphatic rings. The summed E-state index contributed by atoms with van der Waals surface area (Å²) in [6.45, 7) is 0. The summed E-state index contributed by atoms with van der Waals surface area (Å²) in [5.41, 5.74) is 11.1. The van der Waals surface area contributed by atoms with Crippen molar-refractivity contribution in [3.63, 3.8) is 0 Å². The molecule has 4 aromatic heterocycles. The molecule has 264 valence electrons. The molecule has 0 aliphatic heterocycles. The standard InChI is InChI=1S/C50H32N4O2/c51-27-30-26-31(28-52)50(54-37-19-9-5-15-33(37)46-39(54)23-25-43-48(46)35-17-7-11-21-41(35)56-43)44(29-12-2-1-3-13-29)49(30)53-36-18-8-4-14-32(36)45-38(53)22-24-42-47(45)34-16-6-10-20-40(34)55-42/h4-11,14-26,29H,1-3,12-13H2. The molecule has 1 saturated carbocycles. The summed E-state index contributed by atoms with van der Waals surface area (Å²) >= 11 is 0. The lowest BCUT2D eigenvalue weighted by Crippen LogP contribution is -2.16. The summed E-state index contributed by atoms with van der Waals surface area (Å²) in [7, 11) is 0. The number of rotatable bonds is 3. The first kappa shape index (κ1) is 31.1. The lowest BCUT2D eigenvalue weighted by molar-refractivity contribution is 0.442. The fourth-order valence-electron chi connectivity index (χ4n) is 10.1. The first-order valence-electron chi connectivity index (χ1n) is 19.4. The van der Waals surface area contributed by atoms with E-state index >= 15 is 0 Å². The summed E-state index contributed by atoms with van der Waals surface area (Å²) in [4.78, 5) is 0. The highest BCUT2D eigenvalue weighted by atomic mass is 16.3. The summed E-state index contributed by atoms with van der Waals surface area (Å²) < 4.78 is 17.5. The molecule has 6 heteroatoms. The zero-order valence-electron chi connectivity index (χ0n) is 30.3. The topological polar surface area (TPSA) is 83.7 Å². The molecular weight excluding hydrogens is 689 g/mol. The number of aromatic nitrogens is 2. The molecular formula is C50H32N4O2. The molecule has 56 heavy (non-hydrogen) atoms. The van der Waals surface area contributed by atoms with Crippen molar-refractivity contribution in [2.24, 2.45) is 0 Å². The Kier molecular flexibility index (Phi) is 6.45. The Labute approximate surface area is 320 Å². The monoisotopic (exact) mass is 720 g/mol. The van der Waals surface area contributed by atoms with Crippen LogP contribution >= 0.6 is 0 Å². The maximum absolute atomic E-state index is 11.1. The Morgan fingerprint density at radius 3 is 1.38 bits per heavy atom. The second-order valence-corrected chi connectivity index (χ2v) is 15.2. The van der Waals surface area contributed by atoms with Crippen molar-refractivity contribution < 1.29 is 8.83 Å². The van der Waals surface area contributed by atoms with E-state index in [9.17, 15) is 10.5 Å². The molecule has 4 heterocycles. The number of nitrogens with zero attached hydrogens (tertiary/aromatic N) is 4. The van der Waals surface area contributed by atoms with Gasteiger partial charge in [-0.3, -0.25) is 0 Å². The number of benzene rings is 7. The maximum atomic E-state index is 11.1. The third-order valence-electron chi connectivity index (χ3n) is 12.4. The van der Waals surface area contributed by atoms with Gasteiger partial charge in [-0.15, -0.1) is 0 Å². The number of hydrogen-bond acceptors (Lipinski definition) is 4. The van der Waals surface area contributed by atoms with Crippen LogP contribution in [0, 0.1) is 22.7 Å². The van der Waals surface area contributed by atoms with Gasteiger partial charge in [0.05, 0.1) is 44.6 Å². The Hall–Kier alpha value is -7.28. The highest BCUT2D eigenvalue weighted by Gasteiger charge is 2.32. The van der Waals surface area contributed by atoms with Gasteiger partial charge in [-0.1, -0.05) is 92.1 Å². The van der Waals surface area contributed by atoms with E-state index in [1.165, 1.54) is 6.42 Å². The zero-order valence-corrected chi connectivity index (χ0v) is 30.3. The molecule has 0 radical (unpaired) electrons. The van der Waals surface area contributed by atoms with Crippen LogP contribution in [0.1, 0.15) is 54.7 Å². The molecule has 0 N–H and O–H groups in total. The summed E-state index contributed by atoms with van der Waals surface area (Å²) in [6, 6.07) is 48.9. The number of furan rings is 2. The van der Waals surface area contributed by atoms with Crippen molar-refractivity contribution >= 4 is 87.5 Å². The smallest absolute Gasteiger partial charge is 0.136 e. The van der Waals surface area contributed by atoms with E-state index in [4.69, 9.17) is 8.83 Å². The normalized spacial score (nSPS) is 14.0. The van der Waals surface area contributed by atoms with E-state index in [2.05, 4.69) is 118 Å². The average molecular weight is 721 g/mol. The van der Waals surface area contributed by atoms with Crippen LogP contribution < -0.4 is 0 Å². The molecule has 0 saturated heterocycles. The van der Waals surface area contributed by atoms with E-state index in [-0.39, 0.29) is 5.92 Å². The molecule has 7 aromatic carbocycles. The lowest BCUT2D eigenvalue weighted by Gasteiger charge is -2.30. The van der Waals surface area contributed by atoms with Crippen LogP contribution in [-0.4, -0.2) is 9.13 Å². The predicted octanol–water partition coefficient (Wildman–Crippen LogP) is 13.5. The van der Waals surface area contributed by atoms with Crippen molar-refractivity contribution in [1.29, 1.82) is 10.5 Å². The highest BCUT2D eigenvalue weighted by molar-refractivity contribution is 6.29. The van der Waals surface area contributed by atoms with Crippen molar-refractivity contribution in [2.45, 2.75) is 38.0 Å². The van der Waals surface area contributed by atoms with Gasteiger partial charge in [0.15, 0.2) is 0 Å². The Balaban J connectivity index is 1.29. The molecule has 0 atom stereocenters. The molecule has 0 spiro atoms. The van der Waals surface area contributed by atoms with Crippen LogP contribution in [0.15, 0.2) is 136 Å². The number of hydrogen-bond donors (Lipinski definition) is 0. The molecule has 1 aliphatic carbocycles. The van der Waals surface area contributed by atoms with E-state index in [1.807, 2.05) is 30.3 Å². The minimum Gasteiger partial charge on any atom is -0.456 e. The third kappa shape index (κ3) is 4.08. The van der Waals surface area contributed by atoms with Crippen LogP contribution in [0.2, 0.25) is 0 Å². The third-order valence-corrected chi connectivity index (χ3v) is 12.4. The summed E-state index contributed by atoms with van der Waals surface area (Å²) in [6.07, 6.45) is 5.30. The van der Waals surface area contributed by atoms with Gasteiger partial charge in [0.25, 0.3) is 0 Å². The highest BCUT2D eigenvalue weighted by Crippen LogP contribution is 2.49. The quantitative estimate of drug-likeness (QED) is 0.182. The number of para-hydroxylation sites is 4. The molecule has 0 unspecified atom stereocenters. The average Bonchev–Trinajstić information content (AvgIpc) is 4.00. The summed E-state index contributed by atoms with van der Waals surface area (Å²) in [5.74, 6) is 0.124. The lowest BCUT2D eigenvalue weighted by atomic mass is 9.80. The van der Waals surface area contributed by atoms with Crippen molar-refractivity contribution in [1.82, 2.24) is 9.13 Å². The Bertz CT molecular complexity index is 3330. The fraction of sp³-hybridized carbons (Fsp3) is 0.120. The van der Waals surface area contributed by atoms with Crippen LogP contribution in [-0.2, 0) is 0 Å². The predicted molar refractivity (Wildman–Crippen MR) is 225 cm³/mol. The Morgan fingerprint density at radius 2 is 0.893 bits per heavy atom. The van der Waals surface area contributed by atoms with Gasteiger partial charge in [-0.25, -0.2) is 0 Å². The van der Waals surface area contributed by atoms with E-state index in [0.29, 0.717) is 11.1 Å². The van der Waals surface area contributed by atoms with Gasteiger partial charge in [0.1, 0.15) is 34.5 Å². The van der Waals surface area contributed by atoms with Crippen molar-refractivity contribution in [3.05, 3.63) is 144 Å².